The molecule has 1 unspecified atom stereocenters. The molecule has 0 radical (unpaired) electrons. The van der Waals surface area contributed by atoms with Gasteiger partial charge < -0.3 is 10.1 Å². The molecule has 3 aromatic rings. The van der Waals surface area contributed by atoms with Crippen LogP contribution in [0.3, 0.4) is 0 Å². The van der Waals surface area contributed by atoms with E-state index >= 15 is 0 Å². The highest BCUT2D eigenvalue weighted by Crippen LogP contribution is 2.36. The Morgan fingerprint density at radius 1 is 1.23 bits per heavy atom. The lowest BCUT2D eigenvalue weighted by Gasteiger charge is -2.10. The molecule has 1 atom stereocenters. The molecular formula is C21H24N4O3S2. The molecule has 0 fully saturated rings. The second kappa shape index (κ2) is 9.90. The van der Waals surface area contributed by atoms with E-state index in [4.69, 9.17) is 4.74 Å². The minimum absolute atomic E-state index is 0.227. The van der Waals surface area contributed by atoms with Crippen molar-refractivity contribution in [1.29, 1.82) is 0 Å². The van der Waals surface area contributed by atoms with Crippen molar-refractivity contribution in [2.45, 2.75) is 44.0 Å². The molecule has 0 aliphatic heterocycles. The Balaban J connectivity index is 1.78. The van der Waals surface area contributed by atoms with Crippen LogP contribution in [0.25, 0.3) is 10.4 Å². The van der Waals surface area contributed by atoms with E-state index in [9.17, 15) is 9.59 Å². The molecule has 0 saturated carbocycles. The van der Waals surface area contributed by atoms with Crippen LogP contribution in [-0.4, -0.2) is 38.9 Å². The van der Waals surface area contributed by atoms with E-state index in [1.165, 1.54) is 23.1 Å². The molecule has 2 aromatic heterocycles. The number of nitrogens with zero attached hydrogens (tertiary/aromatic N) is 2. The summed E-state index contributed by atoms with van der Waals surface area (Å²) in [5, 5.41) is 10.5. The van der Waals surface area contributed by atoms with Crippen LogP contribution < -0.4 is 5.32 Å². The predicted molar refractivity (Wildman–Crippen MR) is 120 cm³/mol. The van der Waals surface area contributed by atoms with Gasteiger partial charge >= 0.3 is 5.97 Å². The Morgan fingerprint density at radius 3 is 2.60 bits per heavy atom. The average molecular weight is 445 g/mol. The number of thiophene rings is 1. The zero-order chi connectivity index (χ0) is 21.7. The number of hydrogen-bond donors (Lipinski definition) is 2. The molecular weight excluding hydrogens is 420 g/mol. The molecule has 0 aliphatic rings. The minimum atomic E-state index is -0.456. The van der Waals surface area contributed by atoms with Gasteiger partial charge in [-0.3, -0.25) is 9.89 Å². The van der Waals surface area contributed by atoms with Crippen molar-refractivity contribution in [3.8, 4) is 10.4 Å². The molecule has 1 amide bonds. The maximum absolute atomic E-state index is 12.8. The number of amides is 1. The summed E-state index contributed by atoms with van der Waals surface area (Å²) in [4.78, 5) is 30.5. The standard InChI is InChI=1S/C21H24N4O3S2/c1-5-28-20(27)15-11-16(14-9-7-6-8-10-14)30-19(15)23-18(26)13(4)29-21-22-17(12(2)3)24-25-21/h6-13H,5H2,1-4H3,(H,23,26)(H,22,24,25). The third-order valence-corrected chi connectivity index (χ3v) is 6.26. The third kappa shape index (κ3) is 5.28. The largest absolute Gasteiger partial charge is 0.462 e. The molecule has 3 rings (SSSR count). The summed E-state index contributed by atoms with van der Waals surface area (Å²) in [6.07, 6.45) is 0. The lowest BCUT2D eigenvalue weighted by molar-refractivity contribution is -0.115. The summed E-state index contributed by atoms with van der Waals surface area (Å²) >= 11 is 2.61. The molecule has 2 N–H and O–H groups in total. The zero-order valence-electron chi connectivity index (χ0n) is 17.3. The molecule has 0 saturated heterocycles. The smallest absolute Gasteiger partial charge is 0.341 e. The van der Waals surface area contributed by atoms with E-state index in [2.05, 4.69) is 20.5 Å². The fourth-order valence-corrected chi connectivity index (χ4v) is 4.37. The summed E-state index contributed by atoms with van der Waals surface area (Å²) in [6.45, 7) is 7.83. The van der Waals surface area contributed by atoms with Gasteiger partial charge in [0.05, 0.1) is 17.4 Å². The van der Waals surface area contributed by atoms with Gasteiger partial charge in [0.2, 0.25) is 11.1 Å². The van der Waals surface area contributed by atoms with Crippen LogP contribution in [0.15, 0.2) is 41.6 Å². The fraction of sp³-hybridized carbons (Fsp3) is 0.333. The highest BCUT2D eigenvalue weighted by Gasteiger charge is 2.23. The van der Waals surface area contributed by atoms with Crippen LogP contribution in [0, 0.1) is 0 Å². The van der Waals surface area contributed by atoms with Gasteiger partial charge in [0.25, 0.3) is 0 Å². The van der Waals surface area contributed by atoms with Gasteiger partial charge in [-0.15, -0.1) is 16.4 Å². The Hall–Kier alpha value is -2.65. The summed E-state index contributed by atoms with van der Waals surface area (Å²) in [5.74, 6) is 0.316. The van der Waals surface area contributed by atoms with Crippen LogP contribution in [0.4, 0.5) is 5.00 Å². The lowest BCUT2D eigenvalue weighted by Crippen LogP contribution is -2.23. The van der Waals surface area contributed by atoms with Gasteiger partial charge in [0.1, 0.15) is 10.8 Å². The number of benzene rings is 1. The van der Waals surface area contributed by atoms with Crippen molar-refractivity contribution in [2.24, 2.45) is 0 Å². The van der Waals surface area contributed by atoms with Gasteiger partial charge in [-0.2, -0.15) is 0 Å². The van der Waals surface area contributed by atoms with E-state index in [0.717, 1.165) is 16.3 Å². The van der Waals surface area contributed by atoms with Crippen molar-refractivity contribution >= 4 is 40.0 Å². The summed E-state index contributed by atoms with van der Waals surface area (Å²) in [5.41, 5.74) is 1.32. The zero-order valence-corrected chi connectivity index (χ0v) is 18.9. The normalized spacial score (nSPS) is 12.0. The second-order valence-electron chi connectivity index (χ2n) is 6.85. The first kappa shape index (κ1) is 22.0. The van der Waals surface area contributed by atoms with Crippen molar-refractivity contribution in [1.82, 2.24) is 15.2 Å². The maximum Gasteiger partial charge on any atom is 0.341 e. The van der Waals surface area contributed by atoms with E-state index in [1.807, 2.05) is 44.2 Å². The number of H-pyrrole nitrogens is 1. The summed E-state index contributed by atoms with van der Waals surface area (Å²) in [6, 6.07) is 11.5. The summed E-state index contributed by atoms with van der Waals surface area (Å²) in [7, 11) is 0. The highest BCUT2D eigenvalue weighted by atomic mass is 32.2. The quantitative estimate of drug-likeness (QED) is 0.377. The number of carbonyl (C=O) groups excluding carboxylic acids is 2. The molecule has 0 aliphatic carbocycles. The van der Waals surface area contributed by atoms with E-state index in [-0.39, 0.29) is 18.4 Å². The first-order chi connectivity index (χ1) is 14.4. The number of thioether (sulfide) groups is 1. The molecule has 2 heterocycles. The van der Waals surface area contributed by atoms with Crippen LogP contribution >= 0.6 is 23.1 Å². The molecule has 0 spiro atoms. The first-order valence-corrected chi connectivity index (χ1v) is 11.3. The number of aromatic amines is 1. The lowest BCUT2D eigenvalue weighted by atomic mass is 10.1. The molecule has 158 valence electrons. The van der Waals surface area contributed by atoms with Gasteiger partial charge in [-0.1, -0.05) is 55.9 Å². The van der Waals surface area contributed by atoms with E-state index in [0.29, 0.717) is 15.7 Å². The van der Waals surface area contributed by atoms with Crippen LogP contribution in [0.5, 0.6) is 0 Å². The average Bonchev–Trinajstić information content (AvgIpc) is 3.36. The molecule has 30 heavy (non-hydrogen) atoms. The van der Waals surface area contributed by atoms with E-state index in [1.54, 1.807) is 19.9 Å². The number of carbonyl (C=O) groups is 2. The van der Waals surface area contributed by atoms with Gasteiger partial charge in [0, 0.05) is 10.8 Å². The topological polar surface area (TPSA) is 97.0 Å². The molecule has 1 aromatic carbocycles. The maximum atomic E-state index is 12.8. The third-order valence-electron chi connectivity index (χ3n) is 4.20. The molecule has 9 heteroatoms. The Bertz CT molecular complexity index is 1010. The predicted octanol–water partition coefficient (Wildman–Crippen LogP) is 4.95. The molecule has 0 bridgehead atoms. The SMILES string of the molecule is CCOC(=O)c1cc(-c2ccccc2)sc1NC(=O)C(C)Sc1n[nH]c(C(C)C)n1. The van der Waals surface area contributed by atoms with Crippen molar-refractivity contribution in [3.63, 3.8) is 0 Å². The number of nitrogens with one attached hydrogen (secondary N) is 2. The van der Waals surface area contributed by atoms with Crippen molar-refractivity contribution in [2.75, 3.05) is 11.9 Å². The molecule has 7 nitrogen and oxygen atoms in total. The highest BCUT2D eigenvalue weighted by molar-refractivity contribution is 8.00. The Morgan fingerprint density at radius 2 is 1.97 bits per heavy atom. The van der Waals surface area contributed by atoms with Gasteiger partial charge in [-0.25, -0.2) is 9.78 Å². The van der Waals surface area contributed by atoms with Crippen LogP contribution in [-0.2, 0) is 9.53 Å². The van der Waals surface area contributed by atoms with E-state index < -0.39 is 11.2 Å². The second-order valence-corrected chi connectivity index (χ2v) is 9.21. The van der Waals surface area contributed by atoms with Gasteiger partial charge in [0.15, 0.2) is 0 Å². The summed E-state index contributed by atoms with van der Waals surface area (Å²) < 4.78 is 5.17. The number of ether oxygens (including phenoxy) is 1. The number of rotatable bonds is 8. The van der Waals surface area contributed by atoms with Crippen molar-refractivity contribution in [3.05, 3.63) is 47.8 Å². The first-order valence-electron chi connectivity index (χ1n) is 9.65. The number of anilines is 1. The van der Waals surface area contributed by atoms with Crippen LogP contribution in [0.2, 0.25) is 0 Å². The van der Waals surface area contributed by atoms with Gasteiger partial charge in [-0.05, 0) is 25.5 Å². The van der Waals surface area contributed by atoms with Crippen molar-refractivity contribution < 1.29 is 14.3 Å². The Kier molecular flexibility index (Phi) is 7.28. The number of esters is 1. The number of aromatic nitrogens is 3. The minimum Gasteiger partial charge on any atom is -0.462 e. The number of hydrogen-bond acceptors (Lipinski definition) is 7. The monoisotopic (exact) mass is 444 g/mol. The Labute approximate surface area is 183 Å². The van der Waals surface area contributed by atoms with Crippen LogP contribution in [0.1, 0.15) is 49.8 Å². The fourth-order valence-electron chi connectivity index (χ4n) is 2.58.